The summed E-state index contributed by atoms with van der Waals surface area (Å²) in [5.41, 5.74) is 1.87. The summed E-state index contributed by atoms with van der Waals surface area (Å²) in [4.78, 5) is 19.6. The molecule has 25 heavy (non-hydrogen) atoms. The van der Waals surface area contributed by atoms with Crippen molar-refractivity contribution in [3.63, 3.8) is 0 Å². The molecule has 0 saturated carbocycles. The average Bonchev–Trinajstić information content (AvgIpc) is 3.08. The predicted molar refractivity (Wildman–Crippen MR) is 107 cm³/mol. The predicted octanol–water partition coefficient (Wildman–Crippen LogP) is 4.91. The SMILES string of the molecule is O=C(Nc1ccc(Br)cc1)C1CCCN(c2nc3ccccc3s2)C1. The molecule has 0 radical (unpaired) electrons. The Kier molecular flexibility index (Phi) is 4.72. The molecule has 1 fully saturated rings. The molecule has 1 aromatic heterocycles. The molecule has 0 aliphatic carbocycles. The van der Waals surface area contributed by atoms with Crippen molar-refractivity contribution in [2.45, 2.75) is 12.8 Å². The maximum Gasteiger partial charge on any atom is 0.229 e. The maximum atomic E-state index is 12.6. The molecular formula is C19H18BrN3OS. The minimum Gasteiger partial charge on any atom is -0.347 e. The molecule has 1 amide bonds. The number of thiazole rings is 1. The van der Waals surface area contributed by atoms with Gasteiger partial charge in [0.1, 0.15) is 0 Å². The van der Waals surface area contributed by atoms with Gasteiger partial charge in [-0.15, -0.1) is 0 Å². The largest absolute Gasteiger partial charge is 0.347 e. The monoisotopic (exact) mass is 415 g/mol. The van der Waals surface area contributed by atoms with Gasteiger partial charge in [0.2, 0.25) is 5.91 Å². The first-order valence-corrected chi connectivity index (χ1v) is 9.97. The average molecular weight is 416 g/mol. The third-order valence-electron chi connectivity index (χ3n) is 4.46. The minimum atomic E-state index is -0.00981. The lowest BCUT2D eigenvalue weighted by molar-refractivity contribution is -0.120. The Morgan fingerprint density at radius 1 is 1.20 bits per heavy atom. The number of halogens is 1. The van der Waals surface area contributed by atoms with E-state index in [2.05, 4.69) is 32.2 Å². The number of para-hydroxylation sites is 1. The Hall–Kier alpha value is -1.92. The van der Waals surface area contributed by atoms with Gasteiger partial charge in [-0.25, -0.2) is 4.98 Å². The van der Waals surface area contributed by atoms with Crippen LogP contribution in [0, 0.1) is 5.92 Å². The second-order valence-electron chi connectivity index (χ2n) is 6.25. The van der Waals surface area contributed by atoms with Crippen molar-refractivity contribution in [3.8, 4) is 0 Å². The van der Waals surface area contributed by atoms with E-state index in [1.807, 2.05) is 42.5 Å². The van der Waals surface area contributed by atoms with Gasteiger partial charge in [-0.3, -0.25) is 4.79 Å². The van der Waals surface area contributed by atoms with Gasteiger partial charge in [-0.05, 0) is 49.2 Å². The van der Waals surface area contributed by atoms with Gasteiger partial charge >= 0.3 is 0 Å². The van der Waals surface area contributed by atoms with E-state index in [4.69, 9.17) is 4.98 Å². The van der Waals surface area contributed by atoms with Crippen molar-refractivity contribution < 1.29 is 4.79 Å². The highest BCUT2D eigenvalue weighted by Crippen LogP contribution is 2.31. The Labute approximate surface area is 159 Å². The van der Waals surface area contributed by atoms with E-state index in [-0.39, 0.29) is 11.8 Å². The van der Waals surface area contributed by atoms with Gasteiger partial charge in [0.15, 0.2) is 5.13 Å². The van der Waals surface area contributed by atoms with Crippen LogP contribution in [0.25, 0.3) is 10.2 Å². The Balaban J connectivity index is 1.46. The van der Waals surface area contributed by atoms with E-state index < -0.39 is 0 Å². The number of aromatic nitrogens is 1. The lowest BCUT2D eigenvalue weighted by atomic mass is 9.97. The van der Waals surface area contributed by atoms with Gasteiger partial charge < -0.3 is 10.2 Å². The Morgan fingerprint density at radius 2 is 2.00 bits per heavy atom. The first kappa shape index (κ1) is 16.5. The molecule has 128 valence electrons. The molecule has 6 heteroatoms. The van der Waals surface area contributed by atoms with Gasteiger partial charge in [-0.1, -0.05) is 39.4 Å². The van der Waals surface area contributed by atoms with E-state index in [0.29, 0.717) is 0 Å². The van der Waals surface area contributed by atoms with Crippen molar-refractivity contribution in [2.24, 2.45) is 5.92 Å². The van der Waals surface area contributed by atoms with Crippen LogP contribution in [0.5, 0.6) is 0 Å². The van der Waals surface area contributed by atoms with Crippen LogP contribution in [0.15, 0.2) is 53.0 Å². The van der Waals surface area contributed by atoms with Crippen LogP contribution < -0.4 is 10.2 Å². The van der Waals surface area contributed by atoms with Gasteiger partial charge in [0.05, 0.1) is 16.1 Å². The zero-order valence-corrected chi connectivity index (χ0v) is 16.0. The zero-order chi connectivity index (χ0) is 17.2. The molecule has 2 heterocycles. The number of carbonyl (C=O) groups is 1. The van der Waals surface area contributed by atoms with E-state index in [0.717, 1.165) is 46.7 Å². The molecule has 1 N–H and O–H groups in total. The molecule has 1 aliphatic rings. The molecule has 3 aromatic rings. The van der Waals surface area contributed by atoms with Crippen LogP contribution in [0.2, 0.25) is 0 Å². The smallest absolute Gasteiger partial charge is 0.229 e. The van der Waals surface area contributed by atoms with Gasteiger partial charge in [0.25, 0.3) is 0 Å². The van der Waals surface area contributed by atoms with Crippen LogP contribution in [-0.4, -0.2) is 24.0 Å². The van der Waals surface area contributed by atoms with Crippen molar-refractivity contribution >= 4 is 54.2 Å². The summed E-state index contributed by atoms with van der Waals surface area (Å²) < 4.78 is 2.20. The summed E-state index contributed by atoms with van der Waals surface area (Å²) in [5, 5.41) is 4.05. The number of carbonyl (C=O) groups excluding carboxylic acids is 1. The normalized spacial score (nSPS) is 17.6. The first-order chi connectivity index (χ1) is 12.2. The number of rotatable bonds is 3. The van der Waals surface area contributed by atoms with Crippen molar-refractivity contribution in [2.75, 3.05) is 23.3 Å². The van der Waals surface area contributed by atoms with Crippen LogP contribution >= 0.6 is 27.3 Å². The molecule has 1 saturated heterocycles. The van der Waals surface area contributed by atoms with E-state index in [1.165, 1.54) is 4.70 Å². The van der Waals surface area contributed by atoms with Crippen LogP contribution in [0.4, 0.5) is 10.8 Å². The highest BCUT2D eigenvalue weighted by atomic mass is 79.9. The molecule has 0 spiro atoms. The lowest BCUT2D eigenvalue weighted by Gasteiger charge is -2.31. The van der Waals surface area contributed by atoms with Crippen LogP contribution in [0.3, 0.4) is 0 Å². The number of hydrogen-bond acceptors (Lipinski definition) is 4. The molecule has 2 aromatic carbocycles. The molecular weight excluding hydrogens is 398 g/mol. The second kappa shape index (κ2) is 7.14. The summed E-state index contributed by atoms with van der Waals surface area (Å²) in [6.07, 6.45) is 1.93. The molecule has 1 unspecified atom stereocenters. The number of benzene rings is 2. The van der Waals surface area contributed by atoms with E-state index >= 15 is 0 Å². The maximum absolute atomic E-state index is 12.6. The number of piperidine rings is 1. The number of hydrogen-bond donors (Lipinski definition) is 1. The van der Waals surface area contributed by atoms with Gasteiger partial charge in [-0.2, -0.15) is 0 Å². The third kappa shape index (κ3) is 3.70. The fraction of sp³-hybridized carbons (Fsp3) is 0.263. The molecule has 4 nitrogen and oxygen atoms in total. The quantitative estimate of drug-likeness (QED) is 0.660. The van der Waals surface area contributed by atoms with Crippen molar-refractivity contribution in [1.82, 2.24) is 4.98 Å². The van der Waals surface area contributed by atoms with Crippen molar-refractivity contribution in [3.05, 3.63) is 53.0 Å². The molecule has 4 rings (SSSR count). The molecule has 1 aliphatic heterocycles. The number of amides is 1. The summed E-state index contributed by atoms with van der Waals surface area (Å²) in [7, 11) is 0. The summed E-state index contributed by atoms with van der Waals surface area (Å²) in [6.45, 7) is 1.68. The highest BCUT2D eigenvalue weighted by molar-refractivity contribution is 9.10. The fourth-order valence-corrected chi connectivity index (χ4v) is 4.40. The number of fused-ring (bicyclic) bond motifs is 1. The van der Waals surface area contributed by atoms with E-state index in [1.54, 1.807) is 11.3 Å². The number of nitrogens with one attached hydrogen (secondary N) is 1. The van der Waals surface area contributed by atoms with Crippen LogP contribution in [0.1, 0.15) is 12.8 Å². The third-order valence-corrected chi connectivity index (χ3v) is 6.08. The van der Waals surface area contributed by atoms with Crippen molar-refractivity contribution in [1.29, 1.82) is 0 Å². The molecule has 0 bridgehead atoms. The summed E-state index contributed by atoms with van der Waals surface area (Å²) >= 11 is 5.11. The standard InChI is InChI=1S/C19H18BrN3OS/c20-14-7-9-15(10-8-14)21-18(24)13-4-3-11-23(12-13)19-22-16-5-1-2-6-17(16)25-19/h1-2,5-10,13H,3-4,11-12H2,(H,21,24). The topological polar surface area (TPSA) is 45.2 Å². The Morgan fingerprint density at radius 3 is 2.80 bits per heavy atom. The first-order valence-electron chi connectivity index (χ1n) is 8.36. The summed E-state index contributed by atoms with van der Waals surface area (Å²) in [5.74, 6) is 0.0811. The molecule has 1 atom stereocenters. The number of nitrogens with zero attached hydrogens (tertiary/aromatic N) is 2. The van der Waals surface area contributed by atoms with E-state index in [9.17, 15) is 4.79 Å². The Bertz CT molecular complexity index is 860. The van der Waals surface area contributed by atoms with Crippen LogP contribution in [-0.2, 0) is 4.79 Å². The number of anilines is 2. The highest BCUT2D eigenvalue weighted by Gasteiger charge is 2.27. The minimum absolute atomic E-state index is 0.00981. The fourth-order valence-electron chi connectivity index (χ4n) is 3.14. The lowest BCUT2D eigenvalue weighted by Crippen LogP contribution is -2.40. The summed E-state index contributed by atoms with van der Waals surface area (Å²) in [6, 6.07) is 15.9. The van der Waals surface area contributed by atoms with Gasteiger partial charge in [0, 0.05) is 23.2 Å². The zero-order valence-electron chi connectivity index (χ0n) is 13.6. The second-order valence-corrected chi connectivity index (χ2v) is 8.17.